The van der Waals surface area contributed by atoms with Crippen LogP contribution in [0.4, 0.5) is 5.69 Å². The van der Waals surface area contributed by atoms with Crippen LogP contribution >= 0.6 is 15.9 Å². The van der Waals surface area contributed by atoms with Gasteiger partial charge < -0.3 is 14.8 Å². The molecule has 0 unspecified atom stereocenters. The lowest BCUT2D eigenvalue weighted by atomic mass is 10.1. The Labute approximate surface area is 158 Å². The van der Waals surface area contributed by atoms with Gasteiger partial charge in [0.1, 0.15) is 5.76 Å². The number of hydrogen-bond donors (Lipinski definition) is 2. The van der Waals surface area contributed by atoms with Crippen molar-refractivity contribution >= 4 is 33.5 Å². The molecule has 0 aliphatic carbocycles. The van der Waals surface area contributed by atoms with E-state index in [2.05, 4.69) is 28.2 Å². The van der Waals surface area contributed by atoms with Crippen molar-refractivity contribution in [2.24, 2.45) is 0 Å². The summed E-state index contributed by atoms with van der Waals surface area (Å²) in [5.74, 6) is -1.01. The highest BCUT2D eigenvalue weighted by Gasteiger charge is 2.14. The van der Waals surface area contributed by atoms with Crippen molar-refractivity contribution in [3.05, 3.63) is 76.0 Å². The van der Waals surface area contributed by atoms with E-state index in [9.17, 15) is 9.59 Å². The van der Waals surface area contributed by atoms with Gasteiger partial charge in [0, 0.05) is 21.3 Å². The van der Waals surface area contributed by atoms with Crippen LogP contribution in [0, 0.1) is 0 Å². The van der Waals surface area contributed by atoms with Crippen LogP contribution in [0.2, 0.25) is 0 Å². The number of anilines is 1. The number of carboxylic acid groups (broad SMARTS) is 1. The lowest BCUT2D eigenvalue weighted by Gasteiger charge is -2.08. The lowest BCUT2D eigenvalue weighted by Crippen LogP contribution is -2.11. The third-order valence-electron chi connectivity index (χ3n) is 3.93. The Morgan fingerprint density at radius 2 is 1.81 bits per heavy atom. The fourth-order valence-electron chi connectivity index (χ4n) is 2.49. The summed E-state index contributed by atoms with van der Waals surface area (Å²) in [5, 5.41) is 11.8. The van der Waals surface area contributed by atoms with Crippen LogP contribution < -0.4 is 5.32 Å². The number of furan rings is 1. The summed E-state index contributed by atoms with van der Waals surface area (Å²) in [6, 6.07) is 15.7. The number of rotatable bonds is 5. The standard InChI is InChI=1S/C20H16BrNO4/c1-2-12-3-5-13(6-4-12)19(23)22-14-7-8-15(16(21)11-14)17-9-10-18(26-17)20(24)25/h3-11H,2H2,1H3,(H,22,23)(H,24,25). The van der Waals surface area contributed by atoms with Crippen molar-refractivity contribution < 1.29 is 19.1 Å². The molecule has 0 radical (unpaired) electrons. The van der Waals surface area contributed by atoms with Crippen LogP contribution in [-0.4, -0.2) is 17.0 Å². The molecular formula is C20H16BrNO4. The molecule has 3 aromatic rings. The zero-order valence-electron chi connectivity index (χ0n) is 14.0. The van der Waals surface area contributed by atoms with E-state index in [0.29, 0.717) is 27.0 Å². The first-order chi connectivity index (χ1) is 12.5. The normalized spacial score (nSPS) is 10.5. The van der Waals surface area contributed by atoms with E-state index in [1.165, 1.54) is 11.6 Å². The maximum absolute atomic E-state index is 12.3. The highest BCUT2D eigenvalue weighted by molar-refractivity contribution is 9.10. The van der Waals surface area contributed by atoms with Gasteiger partial charge in [0.2, 0.25) is 5.76 Å². The summed E-state index contributed by atoms with van der Waals surface area (Å²) in [6.07, 6.45) is 0.923. The number of aryl methyl sites for hydroxylation is 1. The molecule has 0 aliphatic rings. The molecule has 0 aliphatic heterocycles. The maximum atomic E-state index is 12.3. The quantitative estimate of drug-likeness (QED) is 0.600. The van der Waals surface area contributed by atoms with Gasteiger partial charge in [-0.2, -0.15) is 0 Å². The highest BCUT2D eigenvalue weighted by atomic mass is 79.9. The van der Waals surface area contributed by atoms with Crippen LogP contribution in [0.15, 0.2) is 63.5 Å². The molecule has 6 heteroatoms. The average molecular weight is 414 g/mol. The van der Waals surface area contributed by atoms with E-state index in [0.717, 1.165) is 6.42 Å². The van der Waals surface area contributed by atoms with Crippen LogP contribution in [0.25, 0.3) is 11.3 Å². The number of nitrogens with one attached hydrogen (secondary N) is 1. The Morgan fingerprint density at radius 3 is 2.38 bits per heavy atom. The highest BCUT2D eigenvalue weighted by Crippen LogP contribution is 2.32. The summed E-state index contributed by atoms with van der Waals surface area (Å²) in [7, 11) is 0. The monoisotopic (exact) mass is 413 g/mol. The Morgan fingerprint density at radius 1 is 1.08 bits per heavy atom. The second-order valence-electron chi connectivity index (χ2n) is 5.67. The molecule has 2 N–H and O–H groups in total. The number of halogens is 1. The van der Waals surface area contributed by atoms with Crippen LogP contribution in [0.3, 0.4) is 0 Å². The second kappa shape index (κ2) is 7.58. The third-order valence-corrected chi connectivity index (χ3v) is 4.59. The molecule has 5 nitrogen and oxygen atoms in total. The zero-order valence-corrected chi connectivity index (χ0v) is 15.5. The minimum absolute atomic E-state index is 0.125. The van der Waals surface area contributed by atoms with E-state index in [1.807, 2.05) is 12.1 Å². The summed E-state index contributed by atoms with van der Waals surface area (Å²) in [6.45, 7) is 2.06. The first kappa shape index (κ1) is 17.9. The molecule has 1 amide bonds. The first-order valence-corrected chi connectivity index (χ1v) is 8.80. The predicted molar refractivity (Wildman–Crippen MR) is 103 cm³/mol. The number of carboxylic acids is 1. The van der Waals surface area contributed by atoms with Gasteiger partial charge in [-0.3, -0.25) is 4.79 Å². The predicted octanol–water partition coefficient (Wildman–Crippen LogP) is 5.22. The molecule has 3 rings (SSSR count). The molecule has 2 aromatic carbocycles. The van der Waals surface area contributed by atoms with E-state index >= 15 is 0 Å². The van der Waals surface area contributed by atoms with E-state index in [-0.39, 0.29) is 11.7 Å². The van der Waals surface area contributed by atoms with Crippen LogP contribution in [-0.2, 0) is 6.42 Å². The molecule has 0 saturated carbocycles. The molecular weight excluding hydrogens is 398 g/mol. The lowest BCUT2D eigenvalue weighted by molar-refractivity contribution is 0.0663. The van der Waals surface area contributed by atoms with Crippen molar-refractivity contribution in [2.75, 3.05) is 5.32 Å². The zero-order chi connectivity index (χ0) is 18.7. The third kappa shape index (κ3) is 3.86. The fourth-order valence-corrected chi connectivity index (χ4v) is 3.06. The van der Waals surface area contributed by atoms with Gasteiger partial charge in [-0.15, -0.1) is 0 Å². The summed E-state index contributed by atoms with van der Waals surface area (Å²) < 4.78 is 5.99. The van der Waals surface area contributed by atoms with Crippen LogP contribution in [0.1, 0.15) is 33.4 Å². The van der Waals surface area contributed by atoms with Crippen molar-refractivity contribution in [3.8, 4) is 11.3 Å². The molecule has 1 aromatic heterocycles. The first-order valence-electron chi connectivity index (χ1n) is 8.01. The van der Waals surface area contributed by atoms with Crippen molar-refractivity contribution in [2.45, 2.75) is 13.3 Å². The summed E-state index contributed by atoms with van der Waals surface area (Å²) in [4.78, 5) is 23.3. The molecule has 1 heterocycles. The number of aromatic carboxylic acids is 1. The number of benzene rings is 2. The molecule has 132 valence electrons. The van der Waals surface area contributed by atoms with Crippen molar-refractivity contribution in [3.63, 3.8) is 0 Å². The van der Waals surface area contributed by atoms with E-state index in [4.69, 9.17) is 9.52 Å². The van der Waals surface area contributed by atoms with Crippen LogP contribution in [0.5, 0.6) is 0 Å². The molecule has 26 heavy (non-hydrogen) atoms. The topological polar surface area (TPSA) is 79.5 Å². The smallest absolute Gasteiger partial charge is 0.371 e. The number of carbonyl (C=O) groups excluding carboxylic acids is 1. The average Bonchev–Trinajstić information content (AvgIpc) is 3.12. The van der Waals surface area contributed by atoms with Crippen molar-refractivity contribution in [1.82, 2.24) is 0 Å². The van der Waals surface area contributed by atoms with E-state index in [1.54, 1.807) is 36.4 Å². The van der Waals surface area contributed by atoms with Gasteiger partial charge in [-0.05, 0) is 70.4 Å². The summed E-state index contributed by atoms with van der Waals surface area (Å²) in [5.41, 5.74) is 3.07. The van der Waals surface area contributed by atoms with Gasteiger partial charge in [-0.25, -0.2) is 4.79 Å². The second-order valence-corrected chi connectivity index (χ2v) is 6.52. The Bertz CT molecular complexity index is 960. The van der Waals surface area contributed by atoms with Gasteiger partial charge in [-0.1, -0.05) is 19.1 Å². The molecule has 0 bridgehead atoms. The molecule has 0 saturated heterocycles. The minimum atomic E-state index is -1.12. The van der Waals surface area contributed by atoms with Gasteiger partial charge in [0.05, 0.1) is 0 Å². The number of amides is 1. The minimum Gasteiger partial charge on any atom is -0.475 e. The number of hydrogen-bond acceptors (Lipinski definition) is 3. The Hall–Kier alpha value is -2.86. The Balaban J connectivity index is 1.78. The Kier molecular flexibility index (Phi) is 5.23. The van der Waals surface area contributed by atoms with Gasteiger partial charge in [0.25, 0.3) is 5.91 Å². The summed E-state index contributed by atoms with van der Waals surface area (Å²) >= 11 is 3.44. The van der Waals surface area contributed by atoms with E-state index < -0.39 is 5.97 Å². The fraction of sp³-hybridized carbons (Fsp3) is 0.100. The maximum Gasteiger partial charge on any atom is 0.371 e. The van der Waals surface area contributed by atoms with Gasteiger partial charge >= 0.3 is 5.97 Å². The molecule has 0 atom stereocenters. The largest absolute Gasteiger partial charge is 0.475 e. The van der Waals surface area contributed by atoms with Crippen molar-refractivity contribution in [1.29, 1.82) is 0 Å². The SMILES string of the molecule is CCc1ccc(C(=O)Nc2ccc(-c3ccc(C(=O)O)o3)c(Br)c2)cc1. The number of carbonyl (C=O) groups is 2. The van der Waals surface area contributed by atoms with Gasteiger partial charge in [0.15, 0.2) is 0 Å². The molecule has 0 spiro atoms. The molecule has 0 fully saturated rings.